The molecule has 0 fully saturated rings. The van der Waals surface area contributed by atoms with Gasteiger partial charge in [-0.1, -0.05) is 120 Å². The van der Waals surface area contributed by atoms with Crippen molar-refractivity contribution in [2.24, 2.45) is 0 Å². The fraction of sp³-hybridized carbons (Fsp3) is 0. The fourth-order valence-corrected chi connectivity index (χ4v) is 3.99. The van der Waals surface area contributed by atoms with Crippen molar-refractivity contribution >= 4 is 47.5 Å². The van der Waals surface area contributed by atoms with Crippen LogP contribution in [0.2, 0.25) is 10.0 Å². The molecular weight excluding hydrogens is 459 g/mol. The Morgan fingerprint density at radius 3 is 1.24 bits per heavy atom. The maximum atomic E-state index is 9.31. The van der Waals surface area contributed by atoms with Crippen LogP contribution in [-0.4, -0.2) is 0 Å². The average molecular weight is 477 g/mol. The number of hydrogen-bond donors (Lipinski definition) is 0. The molecule has 0 aromatic heterocycles. The molecule has 0 unspecified atom stereocenters. The lowest BCUT2D eigenvalue weighted by Gasteiger charge is -2.04. The molecule has 0 radical (unpaired) electrons. The van der Waals surface area contributed by atoms with Gasteiger partial charge in [0.15, 0.2) is 0 Å². The molecule has 0 atom stereocenters. The van der Waals surface area contributed by atoms with E-state index in [2.05, 4.69) is 36.4 Å². The zero-order valence-corrected chi connectivity index (χ0v) is 19.6. The van der Waals surface area contributed by atoms with Gasteiger partial charge in [-0.15, -0.1) is 0 Å². The van der Waals surface area contributed by atoms with Crippen LogP contribution in [0.15, 0.2) is 84.9 Å². The summed E-state index contributed by atoms with van der Waals surface area (Å²) >= 11 is 12.2. The van der Waals surface area contributed by atoms with Gasteiger partial charge in [-0.3, -0.25) is 0 Å². The Bertz CT molecular complexity index is 1350. The Hall–Kier alpha value is -4.08. The third-order valence-electron chi connectivity index (χ3n) is 5.38. The topological polar surface area (TPSA) is 47.6 Å². The Kier molecular flexibility index (Phi) is 7.26. The number of hydrogen-bond acceptors (Lipinski definition) is 2. The van der Waals surface area contributed by atoms with E-state index in [-0.39, 0.29) is 0 Å². The maximum Gasteiger partial charge on any atom is 0.101 e. The minimum atomic E-state index is 0.455. The third kappa shape index (κ3) is 5.28. The van der Waals surface area contributed by atoms with Crippen molar-refractivity contribution in [3.63, 3.8) is 0 Å². The Morgan fingerprint density at radius 2 is 0.882 bits per heavy atom. The van der Waals surface area contributed by atoms with Crippen molar-refractivity contribution in [1.29, 1.82) is 10.5 Å². The van der Waals surface area contributed by atoms with Gasteiger partial charge in [0.25, 0.3) is 0 Å². The predicted octanol–water partition coefficient (Wildman–Crippen LogP) is 8.74. The molecule has 4 aromatic rings. The largest absolute Gasteiger partial charge is 0.192 e. The summed E-state index contributed by atoms with van der Waals surface area (Å²) in [5.41, 5.74) is 6.81. The van der Waals surface area contributed by atoms with E-state index in [4.69, 9.17) is 23.2 Å². The molecule has 0 aliphatic heterocycles. The van der Waals surface area contributed by atoms with Gasteiger partial charge >= 0.3 is 0 Å². The molecule has 2 nitrogen and oxygen atoms in total. The first-order valence-electron chi connectivity index (χ1n) is 10.5. The molecule has 0 bridgehead atoms. The molecule has 0 amide bonds. The van der Waals surface area contributed by atoms with E-state index in [1.165, 1.54) is 0 Å². The van der Waals surface area contributed by atoms with Gasteiger partial charge in [0.1, 0.15) is 12.1 Å². The van der Waals surface area contributed by atoms with Crippen molar-refractivity contribution in [2.75, 3.05) is 0 Å². The van der Waals surface area contributed by atoms with Crippen LogP contribution >= 0.6 is 23.2 Å². The van der Waals surface area contributed by atoms with E-state index in [0.717, 1.165) is 33.4 Å². The monoisotopic (exact) mass is 476 g/mol. The summed E-state index contributed by atoms with van der Waals surface area (Å²) in [4.78, 5) is 0. The van der Waals surface area contributed by atoms with Gasteiger partial charge in [0, 0.05) is 0 Å². The van der Waals surface area contributed by atoms with Crippen LogP contribution in [0.5, 0.6) is 0 Å². The lowest BCUT2D eigenvalue weighted by molar-refractivity contribution is 1.47. The van der Waals surface area contributed by atoms with Gasteiger partial charge in [-0.25, -0.2) is 0 Å². The summed E-state index contributed by atoms with van der Waals surface area (Å²) in [6.45, 7) is 0. The highest BCUT2D eigenvalue weighted by molar-refractivity contribution is 6.32. The lowest BCUT2D eigenvalue weighted by Crippen LogP contribution is -1.84. The first kappa shape index (κ1) is 23.1. The highest BCUT2D eigenvalue weighted by Gasteiger charge is 2.04. The second kappa shape index (κ2) is 10.7. The smallest absolute Gasteiger partial charge is 0.101 e. The normalized spacial score (nSPS) is 10.9. The molecule has 0 spiro atoms. The van der Waals surface area contributed by atoms with Crippen molar-refractivity contribution in [1.82, 2.24) is 0 Å². The Labute approximate surface area is 209 Å². The van der Waals surface area contributed by atoms with Crippen LogP contribution in [0.3, 0.4) is 0 Å². The quantitative estimate of drug-likeness (QED) is 0.270. The summed E-state index contributed by atoms with van der Waals surface area (Å²) in [7, 11) is 0. The van der Waals surface area contributed by atoms with E-state index >= 15 is 0 Å². The van der Waals surface area contributed by atoms with Crippen LogP contribution in [0, 0.1) is 22.7 Å². The van der Waals surface area contributed by atoms with Crippen LogP contribution < -0.4 is 0 Å². The first-order chi connectivity index (χ1) is 16.6. The van der Waals surface area contributed by atoms with Gasteiger partial charge in [0.05, 0.1) is 21.2 Å². The molecular formula is C30H18Cl2N2. The van der Waals surface area contributed by atoms with Crippen molar-refractivity contribution in [3.8, 4) is 23.3 Å². The Morgan fingerprint density at radius 1 is 0.500 bits per heavy atom. The number of benzene rings is 4. The van der Waals surface area contributed by atoms with Gasteiger partial charge in [0.2, 0.25) is 0 Å². The van der Waals surface area contributed by atoms with Gasteiger partial charge < -0.3 is 0 Å². The highest BCUT2D eigenvalue weighted by Crippen LogP contribution is 2.25. The number of nitrogens with zero attached hydrogens (tertiary/aromatic N) is 2. The number of rotatable bonds is 5. The van der Waals surface area contributed by atoms with Crippen LogP contribution in [0.4, 0.5) is 0 Å². The lowest BCUT2D eigenvalue weighted by atomic mass is 10.0. The van der Waals surface area contributed by atoms with Crippen LogP contribution in [0.1, 0.15) is 33.4 Å². The first-order valence-corrected chi connectivity index (χ1v) is 11.3. The molecule has 4 heteroatoms. The van der Waals surface area contributed by atoms with Crippen molar-refractivity contribution < 1.29 is 0 Å². The highest BCUT2D eigenvalue weighted by atomic mass is 35.5. The fourth-order valence-electron chi connectivity index (χ4n) is 3.54. The molecule has 0 N–H and O–H groups in total. The molecule has 4 aromatic carbocycles. The average Bonchev–Trinajstić information content (AvgIpc) is 2.87. The summed E-state index contributed by atoms with van der Waals surface area (Å²) < 4.78 is 0. The maximum absolute atomic E-state index is 9.31. The molecule has 0 heterocycles. The minimum absolute atomic E-state index is 0.455. The Balaban J connectivity index is 1.48. The standard InChI is InChI=1S/C30H18Cl2N2/c31-29-5-1-3-25(27(29)19-33)17-11-21-7-13-23(14-8-21)24-15-9-22(10-16-24)12-18-26-4-2-6-30(32)28(26)20-34/h1-18H/b17-11+,18-12+. The summed E-state index contributed by atoms with van der Waals surface area (Å²) in [5, 5.41) is 19.5. The molecule has 34 heavy (non-hydrogen) atoms. The summed E-state index contributed by atoms with van der Waals surface area (Å²) in [6, 6.07) is 31.6. The van der Waals surface area contributed by atoms with Crippen LogP contribution in [-0.2, 0) is 0 Å². The van der Waals surface area contributed by atoms with Crippen LogP contribution in [0.25, 0.3) is 35.4 Å². The number of halogens is 2. The summed E-state index contributed by atoms with van der Waals surface area (Å²) in [6.07, 6.45) is 7.74. The SMILES string of the molecule is N#Cc1c(Cl)cccc1/C=C/c1ccc(-c2ccc(/C=C/c3cccc(Cl)c3C#N)cc2)cc1. The minimum Gasteiger partial charge on any atom is -0.192 e. The van der Waals surface area contributed by atoms with E-state index in [0.29, 0.717) is 21.2 Å². The second-order valence-corrected chi connectivity index (χ2v) is 8.36. The van der Waals surface area contributed by atoms with E-state index in [1.807, 2.05) is 72.8 Å². The third-order valence-corrected chi connectivity index (χ3v) is 6.01. The zero-order valence-electron chi connectivity index (χ0n) is 18.0. The van der Waals surface area contributed by atoms with E-state index < -0.39 is 0 Å². The molecule has 162 valence electrons. The van der Waals surface area contributed by atoms with E-state index in [9.17, 15) is 10.5 Å². The van der Waals surface area contributed by atoms with Crippen molar-refractivity contribution in [3.05, 3.63) is 128 Å². The van der Waals surface area contributed by atoms with Gasteiger partial charge in [-0.05, 0) is 45.5 Å². The predicted molar refractivity (Wildman–Crippen MR) is 142 cm³/mol. The van der Waals surface area contributed by atoms with Crippen molar-refractivity contribution in [2.45, 2.75) is 0 Å². The second-order valence-electron chi connectivity index (χ2n) is 7.54. The summed E-state index contributed by atoms with van der Waals surface area (Å²) in [5.74, 6) is 0. The number of nitriles is 2. The molecule has 0 aliphatic carbocycles. The zero-order chi connectivity index (χ0) is 23.9. The molecule has 0 aliphatic rings. The van der Waals surface area contributed by atoms with Gasteiger partial charge in [-0.2, -0.15) is 10.5 Å². The molecule has 0 saturated heterocycles. The molecule has 0 saturated carbocycles. The molecule has 4 rings (SSSR count). The van der Waals surface area contributed by atoms with E-state index in [1.54, 1.807) is 12.1 Å².